The molecule has 1 amide bonds. The molecule has 17 heteroatoms. The Morgan fingerprint density at radius 3 is 2.34 bits per heavy atom. The van der Waals surface area contributed by atoms with Crippen LogP contribution in [0.25, 0.3) is 10.2 Å². The monoisotopic (exact) mass is 656 g/mol. The van der Waals surface area contributed by atoms with Gasteiger partial charge in [0.05, 0.1) is 22.0 Å². The highest BCUT2D eigenvalue weighted by Crippen LogP contribution is 2.33. The third-order valence-corrected chi connectivity index (χ3v) is 9.94. The second kappa shape index (κ2) is 12.2. The summed E-state index contributed by atoms with van der Waals surface area (Å²) in [6.07, 6.45) is -2.31. The number of thiazole rings is 1. The molecule has 1 N–H and O–H groups in total. The van der Waals surface area contributed by atoms with Crippen LogP contribution in [-0.2, 0) is 27.3 Å². The fraction of sp³-hybridized carbons (Fsp3) is 0.333. The molecule has 1 aliphatic heterocycles. The number of amides is 1. The molecule has 1 fully saturated rings. The Hall–Kier alpha value is -3.96. The lowest BCUT2D eigenvalue weighted by Gasteiger charge is -2.39. The van der Waals surface area contributed by atoms with E-state index >= 15 is 0 Å². The molecular weight excluding hydrogens is 631 g/mol. The van der Waals surface area contributed by atoms with E-state index in [1.807, 2.05) is 0 Å². The van der Waals surface area contributed by atoms with Crippen molar-refractivity contribution in [3.05, 3.63) is 72.1 Å². The zero-order chi connectivity index (χ0) is 31.7. The van der Waals surface area contributed by atoms with Crippen LogP contribution in [0.1, 0.15) is 24.5 Å². The summed E-state index contributed by atoms with van der Waals surface area (Å²) in [6.45, 7) is 1.22. The maximum atomic E-state index is 14.0. The SMILES string of the molecule is CCC(F)(F)c1ccc(CNC(=O)[C@H]2CN(c3nc4cnncc4s3)CCN2S(=O)(=O)c2ccc(OC(F)(F)F)cc2)cc1. The maximum absolute atomic E-state index is 14.0. The van der Waals surface area contributed by atoms with Crippen LogP contribution in [0.15, 0.2) is 65.8 Å². The number of sulfonamides is 1. The van der Waals surface area contributed by atoms with E-state index in [2.05, 4.69) is 25.2 Å². The van der Waals surface area contributed by atoms with E-state index in [1.54, 1.807) is 4.90 Å². The number of benzene rings is 2. The van der Waals surface area contributed by atoms with Gasteiger partial charge in [0, 0.05) is 38.2 Å². The quantitative estimate of drug-likeness (QED) is 0.258. The number of hydrogen-bond acceptors (Lipinski definition) is 9. The molecule has 1 saturated heterocycles. The van der Waals surface area contributed by atoms with Crippen molar-refractivity contribution in [3.63, 3.8) is 0 Å². The third kappa shape index (κ3) is 6.89. The number of nitrogens with zero attached hydrogens (tertiary/aromatic N) is 5. The zero-order valence-electron chi connectivity index (χ0n) is 23.0. The van der Waals surface area contributed by atoms with Crippen LogP contribution in [0.3, 0.4) is 0 Å². The Bertz CT molecular complexity index is 1700. The Kier molecular flexibility index (Phi) is 8.73. The Labute approximate surface area is 252 Å². The molecule has 0 radical (unpaired) electrons. The van der Waals surface area contributed by atoms with Crippen LogP contribution in [-0.4, -0.2) is 65.9 Å². The molecule has 10 nitrogen and oxygen atoms in total. The van der Waals surface area contributed by atoms with Crippen LogP contribution in [0, 0.1) is 0 Å². The minimum atomic E-state index is -4.95. The lowest BCUT2D eigenvalue weighted by Crippen LogP contribution is -2.60. The minimum Gasteiger partial charge on any atom is -0.406 e. The van der Waals surface area contributed by atoms with Crippen molar-refractivity contribution in [3.8, 4) is 5.75 Å². The lowest BCUT2D eigenvalue weighted by atomic mass is 10.0. The summed E-state index contributed by atoms with van der Waals surface area (Å²) in [6, 6.07) is 7.87. The molecule has 3 heterocycles. The van der Waals surface area contributed by atoms with E-state index in [0.29, 0.717) is 16.2 Å². The van der Waals surface area contributed by atoms with Gasteiger partial charge in [-0.25, -0.2) is 22.2 Å². The van der Waals surface area contributed by atoms with Gasteiger partial charge in [-0.05, 0) is 29.8 Å². The fourth-order valence-electron chi connectivity index (χ4n) is 4.59. The van der Waals surface area contributed by atoms with Crippen LogP contribution in [0.4, 0.5) is 27.1 Å². The van der Waals surface area contributed by atoms with Gasteiger partial charge in [0.25, 0.3) is 5.92 Å². The topological polar surface area (TPSA) is 118 Å². The molecule has 0 bridgehead atoms. The molecule has 1 aliphatic rings. The van der Waals surface area contributed by atoms with Crippen molar-refractivity contribution >= 4 is 42.6 Å². The third-order valence-electron chi connectivity index (χ3n) is 6.95. The molecule has 2 aromatic carbocycles. The van der Waals surface area contributed by atoms with E-state index < -0.39 is 40.0 Å². The van der Waals surface area contributed by atoms with Gasteiger partial charge in [-0.1, -0.05) is 42.5 Å². The van der Waals surface area contributed by atoms with Crippen molar-refractivity contribution in [2.75, 3.05) is 24.5 Å². The van der Waals surface area contributed by atoms with Gasteiger partial charge in [-0.15, -0.1) is 13.2 Å². The summed E-state index contributed by atoms with van der Waals surface area (Å²) in [4.78, 5) is 19.5. The normalized spacial score (nSPS) is 16.7. The molecule has 0 spiro atoms. The number of halogens is 5. The number of rotatable bonds is 9. The van der Waals surface area contributed by atoms with Crippen LogP contribution >= 0.6 is 11.3 Å². The van der Waals surface area contributed by atoms with Gasteiger partial charge in [0.15, 0.2) is 5.13 Å². The highest BCUT2D eigenvalue weighted by atomic mass is 32.2. The predicted molar refractivity (Wildman–Crippen MR) is 151 cm³/mol. The number of aromatic nitrogens is 3. The number of carbonyl (C=O) groups excluding carboxylic acids is 1. The summed E-state index contributed by atoms with van der Waals surface area (Å²) < 4.78 is 98.7. The molecule has 1 atom stereocenters. The summed E-state index contributed by atoms with van der Waals surface area (Å²) in [5.74, 6) is -4.26. The lowest BCUT2D eigenvalue weighted by molar-refractivity contribution is -0.274. The number of ether oxygens (including phenoxy) is 1. The number of carbonyl (C=O) groups is 1. The minimum absolute atomic E-state index is 0.0663. The summed E-state index contributed by atoms with van der Waals surface area (Å²) in [5.41, 5.74) is 0.931. The second-order valence-corrected chi connectivity index (χ2v) is 12.7. The number of piperazine rings is 1. The molecule has 0 unspecified atom stereocenters. The summed E-state index contributed by atoms with van der Waals surface area (Å²) >= 11 is 1.29. The predicted octanol–water partition coefficient (Wildman–Crippen LogP) is 4.68. The Morgan fingerprint density at radius 2 is 1.70 bits per heavy atom. The highest BCUT2D eigenvalue weighted by Gasteiger charge is 2.41. The molecule has 44 heavy (non-hydrogen) atoms. The van der Waals surface area contributed by atoms with Gasteiger partial charge in [0.1, 0.15) is 17.3 Å². The standard InChI is InChI=1S/C27H25F5N6O4S2/c1-2-26(28,29)18-5-3-17(4-6-18)13-33-24(39)22-16-37(25-36-21-14-34-35-15-23(21)43-25)11-12-38(22)44(40,41)20-9-7-19(8-10-20)42-27(30,31)32/h3-10,14-15,22H,2,11-13,16H2,1H3,(H,33,39)/t22-/m1/s1. The smallest absolute Gasteiger partial charge is 0.406 e. The molecule has 4 aromatic rings. The van der Waals surface area contributed by atoms with Gasteiger partial charge < -0.3 is 15.0 Å². The van der Waals surface area contributed by atoms with E-state index in [1.165, 1.54) is 54.9 Å². The molecule has 2 aromatic heterocycles. The highest BCUT2D eigenvalue weighted by molar-refractivity contribution is 7.89. The first-order valence-corrected chi connectivity index (χ1v) is 15.5. The van der Waals surface area contributed by atoms with Gasteiger partial charge >= 0.3 is 6.36 Å². The van der Waals surface area contributed by atoms with E-state index in [4.69, 9.17) is 0 Å². The fourth-order valence-corrected chi connectivity index (χ4v) is 7.10. The number of hydrogen-bond donors (Lipinski definition) is 1. The van der Waals surface area contributed by atoms with Crippen LogP contribution in [0.5, 0.6) is 5.75 Å². The maximum Gasteiger partial charge on any atom is 0.573 e. The van der Waals surface area contributed by atoms with E-state index in [-0.39, 0.29) is 43.1 Å². The number of anilines is 1. The summed E-state index contributed by atoms with van der Waals surface area (Å²) in [5, 5.41) is 10.8. The van der Waals surface area contributed by atoms with Crippen LogP contribution in [0.2, 0.25) is 0 Å². The molecule has 0 saturated carbocycles. The van der Waals surface area contributed by atoms with Gasteiger partial charge in [0.2, 0.25) is 15.9 Å². The number of fused-ring (bicyclic) bond motifs is 1. The molecule has 0 aliphatic carbocycles. The van der Waals surface area contributed by atoms with E-state index in [9.17, 15) is 35.2 Å². The van der Waals surface area contributed by atoms with Crippen molar-refractivity contribution in [1.29, 1.82) is 0 Å². The van der Waals surface area contributed by atoms with Crippen molar-refractivity contribution in [2.45, 2.75) is 43.1 Å². The largest absolute Gasteiger partial charge is 0.573 e. The van der Waals surface area contributed by atoms with Crippen LogP contribution < -0.4 is 15.0 Å². The number of nitrogens with one attached hydrogen (secondary N) is 1. The Balaban J connectivity index is 1.39. The average Bonchev–Trinajstić information content (AvgIpc) is 3.44. The average molecular weight is 657 g/mol. The zero-order valence-corrected chi connectivity index (χ0v) is 24.6. The van der Waals surface area contributed by atoms with Crippen molar-refractivity contribution < 1.29 is 39.9 Å². The van der Waals surface area contributed by atoms with Crippen molar-refractivity contribution in [1.82, 2.24) is 24.8 Å². The van der Waals surface area contributed by atoms with Gasteiger partial charge in [-0.2, -0.15) is 14.5 Å². The van der Waals surface area contributed by atoms with E-state index in [0.717, 1.165) is 33.3 Å². The van der Waals surface area contributed by atoms with Gasteiger partial charge in [-0.3, -0.25) is 4.79 Å². The van der Waals surface area contributed by atoms with Crippen molar-refractivity contribution in [2.24, 2.45) is 0 Å². The molecule has 5 rings (SSSR count). The second-order valence-electron chi connectivity index (χ2n) is 9.80. The first-order chi connectivity index (χ1) is 20.8. The first-order valence-electron chi connectivity index (χ1n) is 13.2. The molecule has 234 valence electrons. The number of alkyl halides is 5. The summed E-state index contributed by atoms with van der Waals surface area (Å²) in [7, 11) is -4.37. The first kappa shape index (κ1) is 31.5. The molecular formula is C27H25F5N6O4S2. The Morgan fingerprint density at radius 1 is 1.02 bits per heavy atom.